The van der Waals surface area contributed by atoms with Gasteiger partial charge in [-0.15, -0.1) is 11.3 Å². The molecule has 0 fully saturated rings. The summed E-state index contributed by atoms with van der Waals surface area (Å²) in [5, 5.41) is 4.55. The van der Waals surface area contributed by atoms with Gasteiger partial charge in [-0.05, 0) is 138 Å². The Labute approximate surface area is 404 Å². The molecule has 0 atom stereocenters. The van der Waals surface area contributed by atoms with Gasteiger partial charge in [0, 0.05) is 70.5 Å². The van der Waals surface area contributed by atoms with E-state index in [4.69, 9.17) is 13.3 Å². The summed E-state index contributed by atoms with van der Waals surface area (Å²) in [6.45, 7) is 11.4. The Hall–Kier alpha value is -8.00. The van der Waals surface area contributed by atoms with Gasteiger partial charge in [-0.3, -0.25) is 0 Å². The lowest BCUT2D eigenvalue weighted by molar-refractivity contribution is 0.591. The average molecular weight is 909 g/mol. The molecule has 14 rings (SSSR count). The van der Waals surface area contributed by atoms with Crippen molar-refractivity contribution in [3.8, 4) is 34.0 Å². The topological polar surface area (TPSA) is 45.9 Å². The van der Waals surface area contributed by atoms with Crippen molar-refractivity contribution in [3.05, 3.63) is 199 Å². The van der Waals surface area contributed by atoms with Gasteiger partial charge in [-0.1, -0.05) is 112 Å². The van der Waals surface area contributed by atoms with Crippen LogP contribution >= 0.6 is 11.3 Å². The van der Waals surface area contributed by atoms with Crippen LogP contribution in [0, 0.1) is 13.8 Å². The Morgan fingerprint density at radius 2 is 1.03 bits per heavy atom. The highest BCUT2D eigenvalue weighted by Gasteiger charge is 2.46. The highest BCUT2D eigenvalue weighted by Crippen LogP contribution is 2.51. The molecule has 2 aliphatic heterocycles. The fraction of sp³-hybridized carbons (Fsp3) is 0.0968. The van der Waals surface area contributed by atoms with E-state index in [2.05, 4.69) is 190 Å². The standard InChI is InChI=1S/C62H45BN2O3S/c1-36-28-43(56-34-41-16-8-11-23-53(41)68-56)29-37(2)59(36)65-49-20-13-19-48-58(49)63(61-60(65)46-35-44(62(3,4)5)25-27-57(46)69-61)47-26-24-42(55-33-40-15-7-10-22-52(40)67-55)31-50(47)64(48)45-18-12-17-38(30-45)54-32-39-14-6-9-21-51(39)66-54/h6-35H,1-5H3. The molecule has 6 heterocycles. The first-order valence-electron chi connectivity index (χ1n) is 23.8. The first-order valence-corrected chi connectivity index (χ1v) is 24.6. The van der Waals surface area contributed by atoms with Crippen molar-refractivity contribution in [3.63, 3.8) is 0 Å². The number of aryl methyl sites for hydroxylation is 2. The Morgan fingerprint density at radius 1 is 0.464 bits per heavy atom. The van der Waals surface area contributed by atoms with Crippen LogP contribution in [-0.4, -0.2) is 6.71 Å². The third kappa shape index (κ3) is 6.16. The van der Waals surface area contributed by atoms with Crippen molar-refractivity contribution in [1.29, 1.82) is 0 Å². The number of furan rings is 3. The minimum atomic E-state index is -0.0390. The van der Waals surface area contributed by atoms with Crippen LogP contribution in [0.1, 0.15) is 37.5 Å². The van der Waals surface area contributed by atoms with E-state index >= 15 is 0 Å². The number of fused-ring (bicyclic) bond motifs is 9. The van der Waals surface area contributed by atoms with Crippen LogP contribution in [0.3, 0.4) is 0 Å². The minimum absolute atomic E-state index is 0.0322. The second-order valence-corrected chi connectivity index (χ2v) is 20.9. The summed E-state index contributed by atoms with van der Waals surface area (Å²) in [6, 6.07) is 65.7. The van der Waals surface area contributed by atoms with Crippen molar-refractivity contribution in [2.24, 2.45) is 0 Å². The van der Waals surface area contributed by atoms with Gasteiger partial charge in [0.15, 0.2) is 0 Å². The van der Waals surface area contributed by atoms with Crippen molar-refractivity contribution in [2.75, 3.05) is 9.80 Å². The number of hydrogen-bond acceptors (Lipinski definition) is 6. The number of nitrogens with zero attached hydrogens (tertiary/aromatic N) is 2. The van der Waals surface area contributed by atoms with Gasteiger partial charge >= 0.3 is 0 Å². The molecule has 69 heavy (non-hydrogen) atoms. The molecule has 0 saturated carbocycles. The minimum Gasteiger partial charge on any atom is -0.456 e. The van der Waals surface area contributed by atoms with Gasteiger partial charge in [-0.25, -0.2) is 0 Å². The van der Waals surface area contributed by atoms with Crippen LogP contribution in [-0.2, 0) is 5.41 Å². The average Bonchev–Trinajstić information content (AvgIpc) is 4.18. The lowest BCUT2D eigenvalue weighted by atomic mass is 9.36. The Kier molecular flexibility index (Phi) is 8.57. The van der Waals surface area contributed by atoms with Crippen LogP contribution < -0.4 is 25.5 Å². The Morgan fingerprint density at radius 3 is 1.64 bits per heavy atom. The van der Waals surface area contributed by atoms with Gasteiger partial charge in [0.05, 0.1) is 11.4 Å². The molecule has 12 aromatic rings. The van der Waals surface area contributed by atoms with Gasteiger partial charge in [-0.2, -0.15) is 0 Å². The smallest absolute Gasteiger partial charge is 0.264 e. The van der Waals surface area contributed by atoms with E-state index in [-0.39, 0.29) is 12.1 Å². The summed E-state index contributed by atoms with van der Waals surface area (Å²) in [4.78, 5) is 5.07. The van der Waals surface area contributed by atoms with Crippen molar-refractivity contribution in [1.82, 2.24) is 0 Å². The molecule has 4 aromatic heterocycles. The molecule has 0 aliphatic carbocycles. The highest BCUT2D eigenvalue weighted by molar-refractivity contribution is 7.33. The van der Waals surface area contributed by atoms with Gasteiger partial charge in [0.1, 0.15) is 34.0 Å². The second-order valence-electron chi connectivity index (χ2n) is 19.8. The lowest BCUT2D eigenvalue weighted by Crippen LogP contribution is -2.60. The summed E-state index contributed by atoms with van der Waals surface area (Å²) in [5.41, 5.74) is 18.9. The van der Waals surface area contributed by atoms with Gasteiger partial charge < -0.3 is 23.1 Å². The second kappa shape index (κ2) is 14.8. The maximum absolute atomic E-state index is 6.58. The predicted molar refractivity (Wildman–Crippen MR) is 290 cm³/mol. The monoisotopic (exact) mass is 908 g/mol. The SMILES string of the molecule is Cc1cc(-c2cc3ccccc3o2)cc(C)c1N1c2cccc3c2B(c2ccc(-c4cc5ccccc5o4)cc2N3c2cccc(-c3cc4ccccc4o3)c2)c2sc3ccc(C(C)(C)C)cc3c21. The number of hydrogen-bond donors (Lipinski definition) is 0. The molecule has 0 saturated heterocycles. The fourth-order valence-corrected chi connectivity index (χ4v) is 12.5. The van der Waals surface area contributed by atoms with E-state index < -0.39 is 0 Å². The quantitative estimate of drug-likeness (QED) is 0.161. The van der Waals surface area contributed by atoms with Crippen LogP contribution in [0.25, 0.3) is 77.0 Å². The number of thiophene rings is 1. The first kappa shape index (κ1) is 40.1. The number of para-hydroxylation sites is 3. The van der Waals surface area contributed by atoms with E-state index in [1.807, 2.05) is 47.7 Å². The summed E-state index contributed by atoms with van der Waals surface area (Å²) in [5.74, 6) is 2.56. The Bertz CT molecular complexity index is 3960. The number of benzene rings is 8. The molecule has 0 spiro atoms. The molecular formula is C62H45BN2O3S. The summed E-state index contributed by atoms with van der Waals surface area (Å²) in [6.07, 6.45) is 0. The summed E-state index contributed by atoms with van der Waals surface area (Å²) in [7, 11) is 0. The maximum atomic E-state index is 6.58. The van der Waals surface area contributed by atoms with E-state index in [1.165, 1.54) is 59.5 Å². The van der Waals surface area contributed by atoms with E-state index in [9.17, 15) is 0 Å². The number of rotatable bonds is 5. The van der Waals surface area contributed by atoms with Crippen LogP contribution in [0.4, 0.5) is 34.1 Å². The summed E-state index contributed by atoms with van der Waals surface area (Å²) >= 11 is 1.93. The van der Waals surface area contributed by atoms with E-state index in [0.717, 1.165) is 83.9 Å². The van der Waals surface area contributed by atoms with E-state index in [0.29, 0.717) is 0 Å². The fourth-order valence-electron chi connectivity index (χ4n) is 11.2. The Balaban J connectivity index is 1.03. The molecule has 5 nitrogen and oxygen atoms in total. The van der Waals surface area contributed by atoms with Crippen LogP contribution in [0.2, 0.25) is 0 Å². The largest absolute Gasteiger partial charge is 0.456 e. The third-order valence-corrected chi connectivity index (χ3v) is 15.6. The molecule has 7 heteroatoms. The van der Waals surface area contributed by atoms with Gasteiger partial charge in [0.2, 0.25) is 0 Å². The highest BCUT2D eigenvalue weighted by atomic mass is 32.1. The van der Waals surface area contributed by atoms with Crippen molar-refractivity contribution in [2.45, 2.75) is 40.0 Å². The normalized spacial score (nSPS) is 13.2. The molecule has 2 aliphatic rings. The summed E-state index contributed by atoms with van der Waals surface area (Å²) < 4.78 is 22.2. The molecule has 0 bridgehead atoms. The van der Waals surface area contributed by atoms with Crippen molar-refractivity contribution >= 4 is 111 Å². The zero-order valence-electron chi connectivity index (χ0n) is 38.9. The van der Waals surface area contributed by atoms with E-state index in [1.54, 1.807) is 0 Å². The first-order chi connectivity index (χ1) is 33.6. The molecule has 0 N–H and O–H groups in total. The molecule has 330 valence electrons. The van der Waals surface area contributed by atoms with Gasteiger partial charge in [0.25, 0.3) is 6.71 Å². The molecular weight excluding hydrogens is 864 g/mol. The molecule has 0 radical (unpaired) electrons. The maximum Gasteiger partial charge on any atom is 0.264 e. The lowest BCUT2D eigenvalue weighted by Gasteiger charge is -2.43. The predicted octanol–water partition coefficient (Wildman–Crippen LogP) is 16.1. The third-order valence-electron chi connectivity index (χ3n) is 14.4. The molecule has 0 unspecified atom stereocenters. The molecule has 8 aromatic carbocycles. The van der Waals surface area contributed by atoms with Crippen LogP contribution in [0.15, 0.2) is 195 Å². The zero-order valence-corrected chi connectivity index (χ0v) is 39.7. The van der Waals surface area contributed by atoms with Crippen LogP contribution in [0.5, 0.6) is 0 Å². The van der Waals surface area contributed by atoms with Crippen molar-refractivity contribution < 1.29 is 13.3 Å². The molecule has 0 amide bonds. The number of anilines is 6. The zero-order chi connectivity index (χ0) is 46.3.